The van der Waals surface area contributed by atoms with Crippen molar-refractivity contribution in [2.75, 3.05) is 0 Å². The number of fused-ring (bicyclic) bond motifs is 9. The van der Waals surface area contributed by atoms with E-state index in [4.69, 9.17) is 24.4 Å². The maximum absolute atomic E-state index is 6.11. The summed E-state index contributed by atoms with van der Waals surface area (Å²) in [5.41, 5.74) is 15.1. The average Bonchev–Trinajstić information content (AvgIpc) is 4.01. The average molecular weight is 808 g/mol. The van der Waals surface area contributed by atoms with Gasteiger partial charge in [0.05, 0.1) is 57.2 Å². The van der Waals surface area contributed by atoms with Gasteiger partial charge >= 0.3 is 0 Å². The van der Waals surface area contributed by atoms with Gasteiger partial charge in [0.15, 0.2) is 5.58 Å². The van der Waals surface area contributed by atoms with Crippen LogP contribution in [0.5, 0.6) is 0 Å². The highest BCUT2D eigenvalue weighted by Crippen LogP contribution is 2.39. The summed E-state index contributed by atoms with van der Waals surface area (Å²) in [6.07, 6.45) is 5.50. The SMILES string of the molecule is c1ccc(-c2cc(-c3ccccc3)nc(-n3c4ccccc4c4cc(-c5cncc(-c6ccc7c(c6)c6ccccc6n7-c6ccc7oc8cccnc8c7c6)n5)ccc43)n2)cc1. The van der Waals surface area contributed by atoms with Crippen LogP contribution in [0.1, 0.15) is 0 Å². The molecule has 0 bridgehead atoms. The number of nitrogens with zero attached hydrogens (tertiary/aromatic N) is 7. The molecule has 63 heavy (non-hydrogen) atoms. The molecule has 0 aliphatic rings. The molecule has 0 N–H and O–H groups in total. The quantitative estimate of drug-likeness (QED) is 0.166. The number of hydrogen-bond acceptors (Lipinski definition) is 6. The molecule has 8 nitrogen and oxygen atoms in total. The summed E-state index contributed by atoms with van der Waals surface area (Å²) in [5.74, 6) is 0.611. The Morgan fingerprint density at radius 2 is 0.937 bits per heavy atom. The lowest BCUT2D eigenvalue weighted by Gasteiger charge is -2.12. The minimum Gasteiger partial charge on any atom is -0.454 e. The van der Waals surface area contributed by atoms with Gasteiger partial charge in [-0.1, -0.05) is 109 Å². The highest BCUT2D eigenvalue weighted by Gasteiger charge is 2.19. The Hall–Kier alpha value is -8.75. The van der Waals surface area contributed by atoms with Crippen LogP contribution in [0.4, 0.5) is 0 Å². The van der Waals surface area contributed by atoms with Crippen molar-refractivity contribution in [2.45, 2.75) is 0 Å². The molecule has 7 aromatic carbocycles. The van der Waals surface area contributed by atoms with Gasteiger partial charge in [-0.3, -0.25) is 14.5 Å². The van der Waals surface area contributed by atoms with E-state index in [1.165, 1.54) is 0 Å². The monoisotopic (exact) mass is 807 g/mol. The summed E-state index contributed by atoms with van der Waals surface area (Å²) in [6, 6.07) is 62.9. The van der Waals surface area contributed by atoms with Crippen LogP contribution in [0.3, 0.4) is 0 Å². The smallest absolute Gasteiger partial charge is 0.235 e. The Labute approximate surface area is 360 Å². The fraction of sp³-hybridized carbons (Fsp3) is 0. The third-order valence-corrected chi connectivity index (χ3v) is 12.1. The molecule has 0 fully saturated rings. The molecule has 0 unspecified atom stereocenters. The number of benzene rings is 7. The number of rotatable bonds is 6. The van der Waals surface area contributed by atoms with Crippen LogP contribution < -0.4 is 0 Å². The Morgan fingerprint density at radius 3 is 1.59 bits per heavy atom. The van der Waals surface area contributed by atoms with Gasteiger partial charge in [-0.15, -0.1) is 0 Å². The molecule has 13 aromatic rings. The lowest BCUT2D eigenvalue weighted by atomic mass is 10.1. The predicted molar refractivity (Wildman–Crippen MR) is 253 cm³/mol. The van der Waals surface area contributed by atoms with E-state index in [1.54, 1.807) is 0 Å². The highest BCUT2D eigenvalue weighted by molar-refractivity contribution is 6.12. The second kappa shape index (κ2) is 13.9. The van der Waals surface area contributed by atoms with Gasteiger partial charge in [-0.25, -0.2) is 15.0 Å². The van der Waals surface area contributed by atoms with Crippen molar-refractivity contribution in [3.8, 4) is 56.7 Å². The fourth-order valence-corrected chi connectivity index (χ4v) is 9.18. The third kappa shape index (κ3) is 5.66. The van der Waals surface area contributed by atoms with Crippen molar-refractivity contribution < 1.29 is 4.42 Å². The van der Waals surface area contributed by atoms with Crippen molar-refractivity contribution in [1.29, 1.82) is 0 Å². The first-order valence-corrected chi connectivity index (χ1v) is 20.9. The number of aromatic nitrogens is 7. The summed E-state index contributed by atoms with van der Waals surface area (Å²) >= 11 is 0. The van der Waals surface area contributed by atoms with Gasteiger partial charge in [0, 0.05) is 61.1 Å². The molecule has 0 spiro atoms. The number of hydrogen-bond donors (Lipinski definition) is 0. The summed E-state index contributed by atoms with van der Waals surface area (Å²) in [7, 11) is 0. The van der Waals surface area contributed by atoms with E-state index in [2.05, 4.69) is 142 Å². The van der Waals surface area contributed by atoms with E-state index < -0.39 is 0 Å². The van der Waals surface area contributed by atoms with Crippen molar-refractivity contribution in [3.05, 3.63) is 201 Å². The van der Waals surface area contributed by atoms with E-state index >= 15 is 0 Å². The van der Waals surface area contributed by atoms with Crippen LogP contribution >= 0.6 is 0 Å². The second-order valence-corrected chi connectivity index (χ2v) is 15.8. The van der Waals surface area contributed by atoms with Gasteiger partial charge in [0.2, 0.25) is 5.95 Å². The van der Waals surface area contributed by atoms with Gasteiger partial charge in [0.1, 0.15) is 11.1 Å². The topological polar surface area (TPSA) is 87.5 Å². The summed E-state index contributed by atoms with van der Waals surface area (Å²) in [6.45, 7) is 0. The van der Waals surface area contributed by atoms with Crippen LogP contribution in [0.25, 0.3) is 122 Å². The standard InChI is InChI=1S/C55H33N7O/c1-3-12-34(13-4-1)44-31-45(35-14-5-2-6-15-35)60-55(59-44)62-49-19-10-8-17-40(49)42-29-37(22-25-51(42)62)47-33-56-32-46(58-47)36-21-24-50-41(28-36)39-16-7-9-18-48(39)61(50)38-23-26-52-43(30-38)54-53(63-52)20-11-27-57-54/h1-33H. The van der Waals surface area contributed by atoms with Crippen molar-refractivity contribution in [1.82, 2.24) is 34.1 Å². The first kappa shape index (κ1) is 35.0. The van der Waals surface area contributed by atoms with E-state index in [0.29, 0.717) is 5.95 Å². The van der Waals surface area contributed by atoms with Gasteiger partial charge in [-0.05, 0) is 72.8 Å². The van der Waals surface area contributed by atoms with E-state index in [1.807, 2.05) is 73.2 Å². The summed E-state index contributed by atoms with van der Waals surface area (Å²) < 4.78 is 10.6. The zero-order chi connectivity index (χ0) is 41.4. The number of pyridine rings is 1. The highest BCUT2D eigenvalue weighted by atomic mass is 16.3. The zero-order valence-electron chi connectivity index (χ0n) is 33.6. The molecule has 0 aliphatic heterocycles. The molecule has 0 radical (unpaired) electrons. The first-order valence-electron chi connectivity index (χ1n) is 20.9. The van der Waals surface area contributed by atoms with Gasteiger partial charge < -0.3 is 8.98 Å². The molecule has 6 heterocycles. The Bertz CT molecular complexity index is 3870. The van der Waals surface area contributed by atoms with Gasteiger partial charge in [-0.2, -0.15) is 0 Å². The van der Waals surface area contributed by atoms with Crippen LogP contribution in [-0.2, 0) is 0 Å². The zero-order valence-corrected chi connectivity index (χ0v) is 33.6. The third-order valence-electron chi connectivity index (χ3n) is 12.1. The van der Waals surface area contributed by atoms with Crippen LogP contribution in [0.2, 0.25) is 0 Å². The minimum atomic E-state index is 0.611. The predicted octanol–water partition coefficient (Wildman–Crippen LogP) is 13.4. The normalized spacial score (nSPS) is 11.8. The molecular formula is C55H33N7O. The molecule has 0 aliphatic carbocycles. The van der Waals surface area contributed by atoms with E-state index in [-0.39, 0.29) is 0 Å². The van der Waals surface area contributed by atoms with Crippen molar-refractivity contribution in [3.63, 3.8) is 0 Å². The van der Waals surface area contributed by atoms with Gasteiger partial charge in [0.25, 0.3) is 0 Å². The Kier molecular flexibility index (Phi) is 7.74. The lowest BCUT2D eigenvalue weighted by molar-refractivity contribution is 0.668. The second-order valence-electron chi connectivity index (χ2n) is 15.8. The van der Waals surface area contributed by atoms with Crippen LogP contribution in [-0.4, -0.2) is 34.1 Å². The molecular weight excluding hydrogens is 775 g/mol. The van der Waals surface area contributed by atoms with Crippen molar-refractivity contribution in [2.24, 2.45) is 0 Å². The number of furan rings is 1. The molecule has 0 atom stereocenters. The maximum atomic E-state index is 6.11. The fourth-order valence-electron chi connectivity index (χ4n) is 9.18. The molecule has 0 saturated carbocycles. The van der Waals surface area contributed by atoms with Crippen molar-refractivity contribution >= 4 is 65.7 Å². The Balaban J connectivity index is 0.920. The molecule has 0 amide bonds. The molecule has 13 rings (SSSR count). The maximum Gasteiger partial charge on any atom is 0.235 e. The largest absolute Gasteiger partial charge is 0.454 e. The van der Waals surface area contributed by atoms with Crippen LogP contribution in [0, 0.1) is 0 Å². The number of para-hydroxylation sites is 2. The van der Waals surface area contributed by atoms with Crippen LogP contribution in [0.15, 0.2) is 205 Å². The summed E-state index contributed by atoms with van der Waals surface area (Å²) in [5, 5.41) is 5.46. The lowest BCUT2D eigenvalue weighted by Crippen LogP contribution is -2.04. The molecule has 6 aromatic heterocycles. The minimum absolute atomic E-state index is 0.611. The molecule has 8 heteroatoms. The van der Waals surface area contributed by atoms with E-state index in [0.717, 1.165) is 116 Å². The molecule has 294 valence electrons. The molecule has 0 saturated heterocycles. The summed E-state index contributed by atoms with van der Waals surface area (Å²) in [4.78, 5) is 25.0. The van der Waals surface area contributed by atoms with E-state index in [9.17, 15) is 0 Å². The Morgan fingerprint density at radius 1 is 0.365 bits per heavy atom. The first-order chi connectivity index (χ1) is 31.2.